The number of carbonyl (C=O) groups is 1. The van der Waals surface area contributed by atoms with Gasteiger partial charge in [0.15, 0.2) is 0 Å². The lowest BCUT2D eigenvalue weighted by molar-refractivity contribution is 0.200. The van der Waals surface area contributed by atoms with E-state index in [0.29, 0.717) is 18.3 Å². The zero-order chi connectivity index (χ0) is 16.1. The first kappa shape index (κ1) is 15.9. The molecule has 1 aromatic rings. The molecule has 0 spiro atoms. The number of amides is 2. The molecule has 1 atom stereocenters. The Bertz CT molecular complexity index is 548. The van der Waals surface area contributed by atoms with Crippen molar-refractivity contribution in [2.45, 2.75) is 25.3 Å². The topological polar surface area (TPSA) is 55.8 Å². The minimum absolute atomic E-state index is 0.0605. The lowest BCUT2D eigenvalue weighted by Crippen LogP contribution is -2.42. The molecule has 0 aliphatic carbocycles. The van der Waals surface area contributed by atoms with E-state index in [1.807, 2.05) is 17.0 Å². The summed E-state index contributed by atoms with van der Waals surface area (Å²) in [4.78, 5) is 16.6. The zero-order valence-electron chi connectivity index (χ0n) is 13.4. The molecular formula is C18H25N3O2. The lowest BCUT2D eigenvalue weighted by atomic mass is 10.1. The Labute approximate surface area is 137 Å². The van der Waals surface area contributed by atoms with Crippen LogP contribution in [0.25, 0.3) is 0 Å². The van der Waals surface area contributed by atoms with Gasteiger partial charge in [-0.05, 0) is 37.0 Å². The number of phenols is 1. The highest BCUT2D eigenvalue weighted by Crippen LogP contribution is 2.17. The highest BCUT2D eigenvalue weighted by atomic mass is 16.3. The van der Waals surface area contributed by atoms with E-state index in [1.54, 1.807) is 12.1 Å². The summed E-state index contributed by atoms with van der Waals surface area (Å²) in [7, 11) is 0. The number of likely N-dealkylation sites (tertiary alicyclic amines) is 1. The number of urea groups is 1. The number of aryl methyl sites for hydroxylation is 1. The van der Waals surface area contributed by atoms with Crippen molar-refractivity contribution in [3.8, 4) is 5.75 Å². The maximum atomic E-state index is 12.2. The van der Waals surface area contributed by atoms with Crippen LogP contribution < -0.4 is 5.32 Å². The van der Waals surface area contributed by atoms with Crippen molar-refractivity contribution >= 4 is 6.03 Å². The van der Waals surface area contributed by atoms with E-state index in [1.165, 1.54) is 5.56 Å². The average Bonchev–Trinajstić information content (AvgIpc) is 3.23. The van der Waals surface area contributed by atoms with Crippen molar-refractivity contribution in [1.29, 1.82) is 0 Å². The van der Waals surface area contributed by atoms with Gasteiger partial charge in [-0.2, -0.15) is 0 Å². The van der Waals surface area contributed by atoms with Gasteiger partial charge in [-0.3, -0.25) is 4.90 Å². The van der Waals surface area contributed by atoms with Crippen molar-refractivity contribution in [1.82, 2.24) is 15.1 Å². The van der Waals surface area contributed by atoms with Crippen LogP contribution in [0.4, 0.5) is 4.79 Å². The van der Waals surface area contributed by atoms with Crippen LogP contribution in [-0.2, 0) is 6.42 Å². The van der Waals surface area contributed by atoms with E-state index in [-0.39, 0.29) is 6.03 Å². The van der Waals surface area contributed by atoms with Crippen LogP contribution in [0.3, 0.4) is 0 Å². The number of nitrogens with zero attached hydrogens (tertiary/aromatic N) is 2. The van der Waals surface area contributed by atoms with Gasteiger partial charge in [-0.1, -0.05) is 24.3 Å². The first-order valence-electron chi connectivity index (χ1n) is 8.42. The number of hydrogen-bond acceptors (Lipinski definition) is 3. The molecule has 0 saturated carbocycles. The van der Waals surface area contributed by atoms with Crippen molar-refractivity contribution in [3.05, 3.63) is 42.0 Å². The maximum Gasteiger partial charge on any atom is 0.317 e. The summed E-state index contributed by atoms with van der Waals surface area (Å²) < 4.78 is 0. The van der Waals surface area contributed by atoms with E-state index in [2.05, 4.69) is 22.4 Å². The fraction of sp³-hybridized carbons (Fsp3) is 0.500. The Morgan fingerprint density at radius 3 is 2.70 bits per heavy atom. The fourth-order valence-electron chi connectivity index (χ4n) is 3.28. The molecule has 1 saturated heterocycles. The molecule has 1 fully saturated rings. The molecular weight excluding hydrogens is 290 g/mol. The van der Waals surface area contributed by atoms with E-state index < -0.39 is 0 Å². The molecule has 23 heavy (non-hydrogen) atoms. The van der Waals surface area contributed by atoms with Gasteiger partial charge in [0.25, 0.3) is 0 Å². The van der Waals surface area contributed by atoms with Gasteiger partial charge in [-0.15, -0.1) is 0 Å². The largest absolute Gasteiger partial charge is 0.508 e. The number of hydrogen-bond donors (Lipinski definition) is 2. The molecule has 124 valence electrons. The molecule has 0 bridgehead atoms. The van der Waals surface area contributed by atoms with Crippen molar-refractivity contribution in [2.75, 3.05) is 32.7 Å². The van der Waals surface area contributed by atoms with Gasteiger partial charge >= 0.3 is 6.03 Å². The van der Waals surface area contributed by atoms with Crippen molar-refractivity contribution in [2.24, 2.45) is 0 Å². The smallest absolute Gasteiger partial charge is 0.317 e. The highest BCUT2D eigenvalue weighted by Gasteiger charge is 2.30. The number of benzene rings is 1. The molecule has 3 rings (SSSR count). The Balaban J connectivity index is 1.34. The highest BCUT2D eigenvalue weighted by molar-refractivity contribution is 5.74. The quantitative estimate of drug-likeness (QED) is 0.645. The molecule has 2 aliphatic rings. The minimum Gasteiger partial charge on any atom is -0.508 e. The molecule has 5 nitrogen and oxygen atoms in total. The molecule has 2 aliphatic heterocycles. The monoisotopic (exact) mass is 315 g/mol. The lowest BCUT2D eigenvalue weighted by Gasteiger charge is -2.23. The molecule has 2 N–H and O–H groups in total. The molecule has 0 radical (unpaired) electrons. The number of aromatic hydroxyl groups is 1. The number of rotatable bonds is 5. The maximum absolute atomic E-state index is 12.2. The van der Waals surface area contributed by atoms with Gasteiger partial charge in [0, 0.05) is 38.8 Å². The summed E-state index contributed by atoms with van der Waals surface area (Å²) >= 11 is 0. The Kier molecular flexibility index (Phi) is 5.18. The molecule has 0 aromatic heterocycles. The Morgan fingerprint density at radius 1 is 1.22 bits per heavy atom. The standard InChI is InChI=1S/C18H25N3O2/c22-17-7-5-15(6-8-17)4-3-10-19-18(23)21-13-9-16(14-21)20-11-1-2-12-20/h1-2,5-8,16,22H,3-4,9-14H2,(H,19,23). The van der Waals surface area contributed by atoms with Crippen LogP contribution in [0.2, 0.25) is 0 Å². The first-order valence-corrected chi connectivity index (χ1v) is 8.42. The number of carbonyl (C=O) groups excluding carboxylic acids is 1. The van der Waals surface area contributed by atoms with Gasteiger partial charge in [0.2, 0.25) is 0 Å². The molecule has 1 unspecified atom stereocenters. The second-order valence-electron chi connectivity index (χ2n) is 6.32. The van der Waals surface area contributed by atoms with Gasteiger partial charge in [-0.25, -0.2) is 4.79 Å². The summed E-state index contributed by atoms with van der Waals surface area (Å²) in [5.74, 6) is 0.291. The van der Waals surface area contributed by atoms with Crippen LogP contribution >= 0.6 is 0 Å². The predicted octanol–water partition coefficient (Wildman–Crippen LogP) is 1.98. The SMILES string of the molecule is O=C(NCCCc1ccc(O)cc1)N1CCC(N2CC=CC2)C1. The predicted molar refractivity (Wildman–Crippen MR) is 90.5 cm³/mol. The fourth-order valence-corrected chi connectivity index (χ4v) is 3.28. The second-order valence-corrected chi connectivity index (χ2v) is 6.32. The van der Waals surface area contributed by atoms with Crippen molar-refractivity contribution < 1.29 is 9.90 Å². The van der Waals surface area contributed by atoms with Crippen LogP contribution in [-0.4, -0.2) is 59.7 Å². The van der Waals surface area contributed by atoms with Gasteiger partial charge in [0.05, 0.1) is 0 Å². The minimum atomic E-state index is 0.0605. The normalized spacial score (nSPS) is 21.0. The molecule has 1 aromatic carbocycles. The van der Waals surface area contributed by atoms with Crippen LogP contribution in [0, 0.1) is 0 Å². The second kappa shape index (κ2) is 7.51. The Morgan fingerprint density at radius 2 is 1.96 bits per heavy atom. The molecule has 2 amide bonds. The van der Waals surface area contributed by atoms with E-state index in [4.69, 9.17) is 0 Å². The Hall–Kier alpha value is -2.01. The molecule has 2 heterocycles. The average molecular weight is 315 g/mol. The van der Waals surface area contributed by atoms with Crippen LogP contribution in [0.15, 0.2) is 36.4 Å². The third-order valence-corrected chi connectivity index (χ3v) is 4.67. The van der Waals surface area contributed by atoms with Gasteiger partial charge < -0.3 is 15.3 Å². The van der Waals surface area contributed by atoms with E-state index in [0.717, 1.165) is 45.4 Å². The number of phenolic OH excluding ortho intramolecular Hbond substituents is 1. The zero-order valence-corrected chi connectivity index (χ0v) is 13.4. The summed E-state index contributed by atoms with van der Waals surface area (Å²) in [6.07, 6.45) is 7.28. The van der Waals surface area contributed by atoms with Gasteiger partial charge in [0.1, 0.15) is 5.75 Å². The third-order valence-electron chi connectivity index (χ3n) is 4.67. The summed E-state index contributed by atoms with van der Waals surface area (Å²) in [5.41, 5.74) is 1.18. The summed E-state index contributed by atoms with van der Waals surface area (Å²) in [5, 5.41) is 12.3. The van der Waals surface area contributed by atoms with E-state index in [9.17, 15) is 9.90 Å². The number of nitrogens with one attached hydrogen (secondary N) is 1. The molecule has 5 heteroatoms. The first-order chi connectivity index (χ1) is 11.2. The van der Waals surface area contributed by atoms with Crippen LogP contribution in [0.5, 0.6) is 5.75 Å². The summed E-state index contributed by atoms with van der Waals surface area (Å²) in [6.45, 7) is 4.42. The van der Waals surface area contributed by atoms with E-state index >= 15 is 0 Å². The van der Waals surface area contributed by atoms with Crippen LogP contribution in [0.1, 0.15) is 18.4 Å². The summed E-state index contributed by atoms with van der Waals surface area (Å²) in [6, 6.07) is 7.81. The van der Waals surface area contributed by atoms with Crippen molar-refractivity contribution in [3.63, 3.8) is 0 Å². The third kappa shape index (κ3) is 4.26.